The fourth-order valence-corrected chi connectivity index (χ4v) is 1.98. The van der Waals surface area contributed by atoms with E-state index >= 15 is 0 Å². The van der Waals surface area contributed by atoms with Crippen molar-refractivity contribution in [1.29, 1.82) is 0 Å². The highest BCUT2D eigenvalue weighted by Crippen LogP contribution is 2.09. The topological polar surface area (TPSA) is 20.2 Å². The molecule has 0 aromatic rings. The molecule has 0 spiro atoms. The van der Waals surface area contributed by atoms with E-state index in [2.05, 4.69) is 19.1 Å². The number of aliphatic hydroxyl groups excluding tert-OH is 1. The summed E-state index contributed by atoms with van der Waals surface area (Å²) in [7, 11) is 0. The Morgan fingerprint density at radius 3 is 1.94 bits per heavy atom. The summed E-state index contributed by atoms with van der Waals surface area (Å²) in [5, 5.41) is 9.10. The van der Waals surface area contributed by atoms with E-state index in [4.69, 9.17) is 5.11 Å². The van der Waals surface area contributed by atoms with Crippen molar-refractivity contribution in [3.63, 3.8) is 0 Å². The number of hydrogen-bond donors (Lipinski definition) is 1. The van der Waals surface area contributed by atoms with Crippen molar-refractivity contribution >= 4 is 0 Å². The van der Waals surface area contributed by atoms with Gasteiger partial charge in [0.15, 0.2) is 0 Å². The highest BCUT2D eigenvalue weighted by Gasteiger charge is 1.95. The van der Waals surface area contributed by atoms with E-state index in [1.54, 1.807) is 0 Å². The predicted octanol–water partition coefficient (Wildman–Crippen LogP) is 5.23. The Bertz CT molecular complexity index is 161. The molecule has 0 aliphatic rings. The second kappa shape index (κ2) is 13.8. The van der Waals surface area contributed by atoms with Crippen LogP contribution in [0.4, 0.5) is 0 Å². The Morgan fingerprint density at radius 2 is 1.35 bits per heavy atom. The van der Waals surface area contributed by atoms with Gasteiger partial charge in [-0.1, -0.05) is 57.6 Å². The minimum absolute atomic E-state index is 0.110. The fourth-order valence-electron chi connectivity index (χ4n) is 1.98. The molecule has 0 rings (SSSR count). The Kier molecular flexibility index (Phi) is 13.5. The maximum atomic E-state index is 9.10. The van der Waals surface area contributed by atoms with Crippen molar-refractivity contribution in [2.75, 3.05) is 0 Å². The van der Waals surface area contributed by atoms with Crippen LogP contribution >= 0.6 is 0 Å². The molecule has 1 atom stereocenters. The van der Waals surface area contributed by atoms with Gasteiger partial charge in [-0.2, -0.15) is 0 Å². The summed E-state index contributed by atoms with van der Waals surface area (Å²) < 4.78 is 0. The Labute approximate surface area is 108 Å². The average molecular weight is 240 g/mol. The summed E-state index contributed by atoms with van der Waals surface area (Å²) in [5.41, 5.74) is 0. The van der Waals surface area contributed by atoms with Crippen molar-refractivity contribution in [1.82, 2.24) is 0 Å². The molecule has 0 saturated carbocycles. The van der Waals surface area contributed by atoms with Crippen LogP contribution in [0.15, 0.2) is 12.2 Å². The SMILES string of the molecule is CCCCCC=CCCCCCCCC(C)O. The van der Waals surface area contributed by atoms with Gasteiger partial charge in [-0.25, -0.2) is 0 Å². The summed E-state index contributed by atoms with van der Waals surface area (Å²) >= 11 is 0. The van der Waals surface area contributed by atoms with E-state index < -0.39 is 0 Å². The molecule has 0 aromatic heterocycles. The van der Waals surface area contributed by atoms with Crippen LogP contribution in [0.25, 0.3) is 0 Å². The van der Waals surface area contributed by atoms with Gasteiger partial charge >= 0.3 is 0 Å². The third kappa shape index (κ3) is 15.7. The third-order valence-corrected chi connectivity index (χ3v) is 3.13. The number of rotatable bonds is 12. The molecule has 0 saturated heterocycles. The lowest BCUT2D eigenvalue weighted by atomic mass is 10.1. The van der Waals surface area contributed by atoms with Gasteiger partial charge < -0.3 is 5.11 Å². The molecule has 0 fully saturated rings. The van der Waals surface area contributed by atoms with Crippen molar-refractivity contribution in [3.8, 4) is 0 Å². The van der Waals surface area contributed by atoms with E-state index in [-0.39, 0.29) is 6.10 Å². The zero-order chi connectivity index (χ0) is 12.8. The zero-order valence-electron chi connectivity index (χ0n) is 12.0. The third-order valence-electron chi connectivity index (χ3n) is 3.13. The van der Waals surface area contributed by atoms with Gasteiger partial charge in [0.25, 0.3) is 0 Å². The lowest BCUT2D eigenvalue weighted by molar-refractivity contribution is 0.180. The van der Waals surface area contributed by atoms with Crippen LogP contribution in [0.2, 0.25) is 0 Å². The first-order valence-electron chi connectivity index (χ1n) is 7.60. The summed E-state index contributed by atoms with van der Waals surface area (Å²) in [4.78, 5) is 0. The molecule has 1 N–H and O–H groups in total. The van der Waals surface area contributed by atoms with Crippen LogP contribution < -0.4 is 0 Å². The van der Waals surface area contributed by atoms with Crippen LogP contribution in [0.5, 0.6) is 0 Å². The van der Waals surface area contributed by atoms with Crippen molar-refractivity contribution in [2.24, 2.45) is 0 Å². The first-order valence-corrected chi connectivity index (χ1v) is 7.60. The summed E-state index contributed by atoms with van der Waals surface area (Å²) in [6.07, 6.45) is 18.6. The number of hydrogen-bond acceptors (Lipinski definition) is 1. The second-order valence-corrected chi connectivity index (χ2v) is 5.16. The fraction of sp³-hybridized carbons (Fsp3) is 0.875. The maximum absolute atomic E-state index is 9.10. The molecule has 0 bridgehead atoms. The molecule has 0 aliphatic heterocycles. The molecule has 1 heteroatoms. The van der Waals surface area contributed by atoms with Gasteiger partial charge in [-0.3, -0.25) is 0 Å². The summed E-state index contributed by atoms with van der Waals surface area (Å²) in [6, 6.07) is 0. The maximum Gasteiger partial charge on any atom is 0.0512 e. The smallest absolute Gasteiger partial charge is 0.0512 e. The monoisotopic (exact) mass is 240 g/mol. The van der Waals surface area contributed by atoms with Crippen molar-refractivity contribution in [2.45, 2.75) is 90.6 Å². The molecular formula is C16H32O. The minimum atomic E-state index is -0.110. The van der Waals surface area contributed by atoms with E-state index in [9.17, 15) is 0 Å². The predicted molar refractivity (Wildman–Crippen MR) is 77.3 cm³/mol. The zero-order valence-corrected chi connectivity index (χ0v) is 12.0. The summed E-state index contributed by atoms with van der Waals surface area (Å²) in [5.74, 6) is 0. The lowest BCUT2D eigenvalue weighted by Crippen LogP contribution is -1.98. The Balaban J connectivity index is 3.02. The first-order chi connectivity index (χ1) is 8.27. The highest BCUT2D eigenvalue weighted by molar-refractivity contribution is 4.81. The standard InChI is InChI=1S/C16H32O/c1-3-4-5-6-7-8-9-10-11-12-13-14-15-16(2)17/h7-8,16-17H,3-6,9-15H2,1-2H3. The van der Waals surface area contributed by atoms with E-state index in [1.807, 2.05) is 6.92 Å². The molecule has 0 aromatic carbocycles. The van der Waals surface area contributed by atoms with Crippen molar-refractivity contribution < 1.29 is 5.11 Å². The quantitative estimate of drug-likeness (QED) is 0.365. The Hall–Kier alpha value is -0.300. The normalized spacial score (nSPS) is 13.4. The Morgan fingerprint density at radius 1 is 0.824 bits per heavy atom. The van der Waals surface area contributed by atoms with Crippen LogP contribution in [-0.4, -0.2) is 11.2 Å². The van der Waals surface area contributed by atoms with Gasteiger partial charge in [0, 0.05) is 0 Å². The van der Waals surface area contributed by atoms with Gasteiger partial charge in [0.05, 0.1) is 6.10 Å². The summed E-state index contributed by atoms with van der Waals surface area (Å²) in [6.45, 7) is 4.13. The second-order valence-electron chi connectivity index (χ2n) is 5.16. The molecule has 102 valence electrons. The molecule has 1 nitrogen and oxygen atoms in total. The van der Waals surface area contributed by atoms with Crippen LogP contribution in [0.3, 0.4) is 0 Å². The molecule has 0 aliphatic carbocycles. The van der Waals surface area contributed by atoms with Gasteiger partial charge in [0.2, 0.25) is 0 Å². The molecule has 0 amide bonds. The largest absolute Gasteiger partial charge is 0.393 e. The molecule has 0 heterocycles. The van der Waals surface area contributed by atoms with Crippen molar-refractivity contribution in [3.05, 3.63) is 12.2 Å². The molecule has 0 radical (unpaired) electrons. The van der Waals surface area contributed by atoms with Gasteiger partial charge in [0.1, 0.15) is 0 Å². The first kappa shape index (κ1) is 16.7. The average Bonchev–Trinajstić information content (AvgIpc) is 2.30. The molecular weight excluding hydrogens is 208 g/mol. The van der Waals surface area contributed by atoms with Crippen LogP contribution in [0, 0.1) is 0 Å². The number of unbranched alkanes of at least 4 members (excludes halogenated alkanes) is 8. The van der Waals surface area contributed by atoms with E-state index in [0.29, 0.717) is 0 Å². The van der Waals surface area contributed by atoms with Gasteiger partial charge in [-0.15, -0.1) is 0 Å². The highest BCUT2D eigenvalue weighted by atomic mass is 16.3. The minimum Gasteiger partial charge on any atom is -0.393 e. The van der Waals surface area contributed by atoms with Gasteiger partial charge in [-0.05, 0) is 39.0 Å². The van der Waals surface area contributed by atoms with E-state index in [0.717, 1.165) is 6.42 Å². The molecule has 17 heavy (non-hydrogen) atoms. The number of allylic oxidation sites excluding steroid dienone is 2. The van der Waals surface area contributed by atoms with Crippen LogP contribution in [0.1, 0.15) is 84.5 Å². The van der Waals surface area contributed by atoms with Crippen LogP contribution in [-0.2, 0) is 0 Å². The lowest BCUT2D eigenvalue weighted by Gasteiger charge is -2.03. The van der Waals surface area contributed by atoms with E-state index in [1.165, 1.54) is 64.2 Å². The number of aliphatic hydroxyl groups is 1. The molecule has 1 unspecified atom stereocenters.